The molecule has 2 aromatic carbocycles. The summed E-state index contributed by atoms with van der Waals surface area (Å²) in [5.41, 5.74) is 4.64. The zero-order chi connectivity index (χ0) is 22.1. The van der Waals surface area contributed by atoms with Crippen LogP contribution in [0.5, 0.6) is 5.75 Å². The molecule has 5 rings (SSSR count). The van der Waals surface area contributed by atoms with E-state index < -0.39 is 0 Å². The Hall–Kier alpha value is -3.08. The van der Waals surface area contributed by atoms with Gasteiger partial charge in [-0.2, -0.15) is 0 Å². The molecule has 1 aliphatic carbocycles. The number of nitrogens with zero attached hydrogens (tertiary/aromatic N) is 3. The molecule has 1 amide bonds. The van der Waals surface area contributed by atoms with Gasteiger partial charge in [-0.1, -0.05) is 36.4 Å². The molecule has 0 bridgehead atoms. The first-order chi connectivity index (χ1) is 15.6. The number of ether oxygens (including phenoxy) is 1. The minimum absolute atomic E-state index is 0.313. The van der Waals surface area contributed by atoms with E-state index in [2.05, 4.69) is 52.8 Å². The first-order valence-corrected chi connectivity index (χ1v) is 11.8. The predicted octanol–water partition coefficient (Wildman–Crippen LogP) is 5.18. The second-order valence-electron chi connectivity index (χ2n) is 9.08. The van der Waals surface area contributed by atoms with Gasteiger partial charge < -0.3 is 14.2 Å². The molecule has 2 fully saturated rings. The van der Waals surface area contributed by atoms with Crippen molar-refractivity contribution in [3.05, 3.63) is 60.4 Å². The fourth-order valence-corrected chi connectivity index (χ4v) is 4.67. The third kappa shape index (κ3) is 4.29. The van der Waals surface area contributed by atoms with E-state index in [1.807, 2.05) is 25.3 Å². The number of rotatable bonds is 7. The van der Waals surface area contributed by atoms with Gasteiger partial charge in [-0.25, -0.2) is 4.98 Å². The SMILES string of the molecule is CCOc1ccc(-c2ccc(-c3ncc(C)n3CC3CCN(C(=O)C4CC4)C3)cc2)cc1. The van der Waals surface area contributed by atoms with E-state index in [0.29, 0.717) is 24.3 Å². The van der Waals surface area contributed by atoms with Crippen molar-refractivity contribution in [2.45, 2.75) is 39.7 Å². The van der Waals surface area contributed by atoms with E-state index in [9.17, 15) is 4.79 Å². The molecule has 5 heteroatoms. The highest BCUT2D eigenvalue weighted by molar-refractivity contribution is 5.81. The van der Waals surface area contributed by atoms with Gasteiger partial charge in [0.1, 0.15) is 11.6 Å². The molecule has 1 saturated heterocycles. The van der Waals surface area contributed by atoms with E-state index in [-0.39, 0.29) is 0 Å². The lowest BCUT2D eigenvalue weighted by Crippen LogP contribution is -2.30. The summed E-state index contributed by atoms with van der Waals surface area (Å²) in [5, 5.41) is 0. The van der Waals surface area contributed by atoms with Crippen LogP contribution in [0, 0.1) is 18.8 Å². The molecule has 2 heterocycles. The molecule has 1 aliphatic heterocycles. The third-order valence-electron chi connectivity index (χ3n) is 6.66. The smallest absolute Gasteiger partial charge is 0.225 e. The van der Waals surface area contributed by atoms with Crippen molar-refractivity contribution in [1.29, 1.82) is 0 Å². The number of imidazole rings is 1. The van der Waals surface area contributed by atoms with Crippen LogP contribution in [0.1, 0.15) is 31.9 Å². The zero-order valence-electron chi connectivity index (χ0n) is 19.0. The van der Waals surface area contributed by atoms with Crippen LogP contribution in [0.25, 0.3) is 22.5 Å². The van der Waals surface area contributed by atoms with E-state index in [1.54, 1.807) is 0 Å². The van der Waals surface area contributed by atoms with Crippen molar-refractivity contribution in [2.24, 2.45) is 11.8 Å². The van der Waals surface area contributed by atoms with Gasteiger partial charge in [0.25, 0.3) is 0 Å². The maximum absolute atomic E-state index is 12.4. The van der Waals surface area contributed by atoms with Gasteiger partial charge in [0.15, 0.2) is 0 Å². The molecule has 0 N–H and O–H groups in total. The summed E-state index contributed by atoms with van der Waals surface area (Å²) in [5.74, 6) is 3.09. The molecule has 5 nitrogen and oxygen atoms in total. The number of aryl methyl sites for hydroxylation is 1. The lowest BCUT2D eigenvalue weighted by atomic mass is 10.0. The van der Waals surface area contributed by atoms with Crippen molar-refractivity contribution < 1.29 is 9.53 Å². The summed E-state index contributed by atoms with van der Waals surface area (Å²) in [7, 11) is 0. The quantitative estimate of drug-likeness (QED) is 0.520. The molecule has 2 aliphatic rings. The maximum Gasteiger partial charge on any atom is 0.225 e. The van der Waals surface area contributed by atoms with E-state index in [4.69, 9.17) is 9.72 Å². The van der Waals surface area contributed by atoms with E-state index in [0.717, 1.165) is 56.0 Å². The topological polar surface area (TPSA) is 47.4 Å². The van der Waals surface area contributed by atoms with Crippen molar-refractivity contribution in [2.75, 3.05) is 19.7 Å². The standard InChI is InChI=1S/C27H31N3O2/c1-3-32-25-12-10-22(11-13-25)21-4-6-23(7-5-21)26-28-16-19(2)30(26)18-20-14-15-29(17-20)27(31)24-8-9-24/h4-7,10-13,16,20,24H,3,8-9,14-15,17-18H2,1-2H3. The molecular formula is C27H31N3O2. The van der Waals surface area contributed by atoms with Crippen molar-refractivity contribution in [1.82, 2.24) is 14.5 Å². The number of hydrogen-bond donors (Lipinski definition) is 0. The van der Waals surface area contributed by atoms with Gasteiger partial charge in [-0.15, -0.1) is 0 Å². The van der Waals surface area contributed by atoms with Crippen LogP contribution in [-0.2, 0) is 11.3 Å². The van der Waals surface area contributed by atoms with Crippen LogP contribution in [0.2, 0.25) is 0 Å². The second-order valence-corrected chi connectivity index (χ2v) is 9.08. The highest BCUT2D eigenvalue weighted by Crippen LogP contribution is 2.34. The molecule has 3 aromatic rings. The lowest BCUT2D eigenvalue weighted by molar-refractivity contribution is -0.131. The van der Waals surface area contributed by atoms with E-state index >= 15 is 0 Å². The third-order valence-corrected chi connectivity index (χ3v) is 6.66. The van der Waals surface area contributed by atoms with Crippen molar-refractivity contribution >= 4 is 5.91 Å². The first kappa shape index (κ1) is 20.8. The number of amides is 1. The average molecular weight is 430 g/mol. The highest BCUT2D eigenvalue weighted by atomic mass is 16.5. The molecule has 1 saturated carbocycles. The number of likely N-dealkylation sites (tertiary alicyclic amines) is 1. The minimum atomic E-state index is 0.313. The molecule has 1 atom stereocenters. The number of aromatic nitrogens is 2. The average Bonchev–Trinajstić information content (AvgIpc) is 3.46. The highest BCUT2D eigenvalue weighted by Gasteiger charge is 2.36. The minimum Gasteiger partial charge on any atom is -0.494 e. The lowest BCUT2D eigenvalue weighted by Gasteiger charge is -2.18. The summed E-state index contributed by atoms with van der Waals surface area (Å²) in [4.78, 5) is 19.2. The molecule has 1 aromatic heterocycles. The second kappa shape index (κ2) is 8.81. The molecule has 166 valence electrons. The Bertz CT molecular complexity index is 1080. The number of carbonyl (C=O) groups is 1. The van der Waals surface area contributed by atoms with Crippen molar-refractivity contribution in [3.63, 3.8) is 0 Å². The zero-order valence-corrected chi connectivity index (χ0v) is 19.0. The van der Waals surface area contributed by atoms with Crippen molar-refractivity contribution in [3.8, 4) is 28.3 Å². The summed E-state index contributed by atoms with van der Waals surface area (Å²) in [6.07, 6.45) is 5.19. The van der Waals surface area contributed by atoms with Gasteiger partial charge >= 0.3 is 0 Å². The summed E-state index contributed by atoms with van der Waals surface area (Å²) in [6, 6.07) is 16.8. The summed E-state index contributed by atoms with van der Waals surface area (Å²) < 4.78 is 7.87. The monoisotopic (exact) mass is 429 g/mol. The Kier molecular flexibility index (Phi) is 5.73. The Morgan fingerprint density at radius 1 is 1.00 bits per heavy atom. The molecule has 32 heavy (non-hydrogen) atoms. The molecular weight excluding hydrogens is 398 g/mol. The Labute approximate surface area is 190 Å². The maximum atomic E-state index is 12.4. The number of hydrogen-bond acceptors (Lipinski definition) is 3. The van der Waals surface area contributed by atoms with Crippen LogP contribution in [0.3, 0.4) is 0 Å². The predicted molar refractivity (Wildman–Crippen MR) is 126 cm³/mol. The molecule has 0 radical (unpaired) electrons. The fourth-order valence-electron chi connectivity index (χ4n) is 4.67. The van der Waals surface area contributed by atoms with Gasteiger partial charge in [-0.3, -0.25) is 4.79 Å². The fraction of sp³-hybridized carbons (Fsp3) is 0.407. The Morgan fingerprint density at radius 2 is 1.66 bits per heavy atom. The van der Waals surface area contributed by atoms with Crippen LogP contribution in [0.4, 0.5) is 0 Å². The largest absolute Gasteiger partial charge is 0.494 e. The normalized spacial score (nSPS) is 18.2. The summed E-state index contributed by atoms with van der Waals surface area (Å²) in [6.45, 7) is 7.48. The van der Waals surface area contributed by atoms with Gasteiger partial charge in [0.2, 0.25) is 5.91 Å². The number of benzene rings is 2. The van der Waals surface area contributed by atoms with Crippen LogP contribution in [0.15, 0.2) is 54.7 Å². The Morgan fingerprint density at radius 3 is 2.31 bits per heavy atom. The van der Waals surface area contributed by atoms with Gasteiger partial charge in [-0.05, 0) is 62.3 Å². The van der Waals surface area contributed by atoms with Gasteiger partial charge in [0, 0.05) is 43.0 Å². The summed E-state index contributed by atoms with van der Waals surface area (Å²) >= 11 is 0. The van der Waals surface area contributed by atoms with Crippen LogP contribution < -0.4 is 4.74 Å². The van der Waals surface area contributed by atoms with Crippen LogP contribution in [-0.4, -0.2) is 40.1 Å². The molecule has 1 unspecified atom stereocenters. The Balaban J connectivity index is 1.30. The van der Waals surface area contributed by atoms with Gasteiger partial charge in [0.05, 0.1) is 6.61 Å². The van der Waals surface area contributed by atoms with E-state index in [1.165, 1.54) is 16.8 Å². The number of carbonyl (C=O) groups excluding carboxylic acids is 1. The first-order valence-electron chi connectivity index (χ1n) is 11.8. The van der Waals surface area contributed by atoms with Crippen LogP contribution >= 0.6 is 0 Å². The molecule has 0 spiro atoms.